The molecular weight excluding hydrogens is 410 g/mol. The van der Waals surface area contributed by atoms with Gasteiger partial charge in [-0.25, -0.2) is 8.42 Å². The minimum absolute atomic E-state index is 0. The number of nitrogens with two attached hydrogens (primary N) is 1. The van der Waals surface area contributed by atoms with E-state index in [-0.39, 0.29) is 22.5 Å². The van der Waals surface area contributed by atoms with Crippen molar-refractivity contribution >= 4 is 51.0 Å². The second-order valence-corrected chi connectivity index (χ2v) is 9.49. The first-order valence-corrected chi connectivity index (χ1v) is 10.4. The van der Waals surface area contributed by atoms with E-state index in [4.69, 9.17) is 10.5 Å². The standard InChI is InChI=1S/C17H21N3O4S2.ClH/c1-11-5-8-16(25-11)26(22,23)20-9-3-4-14(20)17(21)19-12-6-7-15(24-2)13(18)10-12;/h5-8,10,14H,3-4,9,18H2,1-2H3,(H,19,21);1H. The molecule has 3 N–H and O–H groups in total. The van der Waals surface area contributed by atoms with Crippen molar-refractivity contribution in [2.24, 2.45) is 0 Å². The van der Waals surface area contributed by atoms with Gasteiger partial charge in [0.25, 0.3) is 10.0 Å². The minimum Gasteiger partial charge on any atom is -0.495 e. The van der Waals surface area contributed by atoms with Gasteiger partial charge in [0.2, 0.25) is 5.91 Å². The van der Waals surface area contributed by atoms with E-state index in [0.29, 0.717) is 36.5 Å². The number of sulfonamides is 1. The molecule has 0 aliphatic carbocycles. The number of halogens is 1. The van der Waals surface area contributed by atoms with Crippen LogP contribution in [-0.4, -0.2) is 38.3 Å². The van der Waals surface area contributed by atoms with Gasteiger partial charge in [-0.05, 0) is 50.1 Å². The zero-order valence-corrected chi connectivity index (χ0v) is 17.4. The van der Waals surface area contributed by atoms with Gasteiger partial charge in [0.05, 0.1) is 12.8 Å². The van der Waals surface area contributed by atoms with Crippen LogP contribution in [0.15, 0.2) is 34.5 Å². The average molecular weight is 432 g/mol. The number of hydrogen-bond acceptors (Lipinski definition) is 6. The summed E-state index contributed by atoms with van der Waals surface area (Å²) < 4.78 is 32.4. The molecule has 0 saturated carbocycles. The number of aryl methyl sites for hydroxylation is 1. The van der Waals surface area contributed by atoms with Crippen LogP contribution in [0.25, 0.3) is 0 Å². The second-order valence-electron chi connectivity index (χ2n) is 6.08. The predicted octanol–water partition coefficient (Wildman–Crippen LogP) is 2.86. The van der Waals surface area contributed by atoms with Gasteiger partial charge in [0.15, 0.2) is 0 Å². The molecule has 0 spiro atoms. The van der Waals surface area contributed by atoms with Gasteiger partial charge in [-0.1, -0.05) is 0 Å². The van der Waals surface area contributed by atoms with Crippen LogP contribution in [0.1, 0.15) is 17.7 Å². The number of carbonyl (C=O) groups is 1. The lowest BCUT2D eigenvalue weighted by Gasteiger charge is -2.22. The molecule has 1 amide bonds. The Hall–Kier alpha value is -1.81. The number of benzene rings is 1. The smallest absolute Gasteiger partial charge is 0.253 e. The van der Waals surface area contributed by atoms with E-state index < -0.39 is 16.1 Å². The van der Waals surface area contributed by atoms with Gasteiger partial charge in [0.1, 0.15) is 16.0 Å². The Kier molecular flexibility index (Phi) is 6.74. The fraction of sp³-hybridized carbons (Fsp3) is 0.353. The average Bonchev–Trinajstić information content (AvgIpc) is 3.24. The van der Waals surface area contributed by atoms with E-state index in [1.165, 1.54) is 22.8 Å². The summed E-state index contributed by atoms with van der Waals surface area (Å²) in [6.07, 6.45) is 1.13. The second kappa shape index (κ2) is 8.47. The monoisotopic (exact) mass is 431 g/mol. The molecule has 1 aromatic carbocycles. The molecule has 0 radical (unpaired) electrons. The number of nitrogens with zero attached hydrogens (tertiary/aromatic N) is 1. The van der Waals surface area contributed by atoms with Gasteiger partial charge >= 0.3 is 0 Å². The van der Waals surface area contributed by atoms with E-state index in [1.807, 2.05) is 6.92 Å². The molecule has 0 bridgehead atoms. The molecule has 10 heteroatoms. The summed E-state index contributed by atoms with van der Waals surface area (Å²) in [6, 6.07) is 7.54. The Morgan fingerprint density at radius 2 is 2.07 bits per heavy atom. The zero-order chi connectivity index (χ0) is 18.9. The number of amides is 1. The highest BCUT2D eigenvalue weighted by Gasteiger charge is 2.40. The van der Waals surface area contributed by atoms with Crippen LogP contribution in [0.2, 0.25) is 0 Å². The van der Waals surface area contributed by atoms with Gasteiger partial charge in [-0.3, -0.25) is 4.79 Å². The molecule has 1 saturated heterocycles. The van der Waals surface area contributed by atoms with Crippen molar-refractivity contribution in [1.82, 2.24) is 4.31 Å². The number of carbonyl (C=O) groups excluding carboxylic acids is 1. The lowest BCUT2D eigenvalue weighted by Crippen LogP contribution is -2.42. The quantitative estimate of drug-likeness (QED) is 0.708. The zero-order valence-electron chi connectivity index (χ0n) is 15.0. The van der Waals surface area contributed by atoms with Gasteiger partial charge in [0, 0.05) is 17.1 Å². The van der Waals surface area contributed by atoms with Crippen LogP contribution in [0, 0.1) is 6.92 Å². The number of rotatable bonds is 5. The maximum atomic E-state index is 12.9. The normalized spacial score (nSPS) is 17.3. The van der Waals surface area contributed by atoms with Crippen LogP contribution in [0.4, 0.5) is 11.4 Å². The molecule has 27 heavy (non-hydrogen) atoms. The fourth-order valence-electron chi connectivity index (χ4n) is 2.99. The summed E-state index contributed by atoms with van der Waals surface area (Å²) in [7, 11) is -2.17. The fourth-order valence-corrected chi connectivity index (χ4v) is 6.06. The molecule has 7 nitrogen and oxygen atoms in total. The summed E-state index contributed by atoms with van der Waals surface area (Å²) in [5, 5.41) is 2.76. The lowest BCUT2D eigenvalue weighted by molar-refractivity contribution is -0.119. The van der Waals surface area contributed by atoms with E-state index in [1.54, 1.807) is 30.3 Å². The largest absolute Gasteiger partial charge is 0.495 e. The number of hydrogen-bond donors (Lipinski definition) is 2. The van der Waals surface area contributed by atoms with Crippen molar-refractivity contribution < 1.29 is 17.9 Å². The number of anilines is 2. The number of ether oxygens (including phenoxy) is 1. The van der Waals surface area contributed by atoms with Gasteiger partial charge in [-0.15, -0.1) is 23.7 Å². The van der Waals surface area contributed by atoms with Crippen molar-refractivity contribution in [3.05, 3.63) is 35.2 Å². The first-order chi connectivity index (χ1) is 12.3. The summed E-state index contributed by atoms with van der Waals surface area (Å²) in [4.78, 5) is 13.6. The summed E-state index contributed by atoms with van der Waals surface area (Å²) in [5.74, 6) is 0.157. The summed E-state index contributed by atoms with van der Waals surface area (Å²) in [5.41, 5.74) is 6.76. The molecule has 2 aromatic rings. The predicted molar refractivity (Wildman–Crippen MR) is 109 cm³/mol. The van der Waals surface area contributed by atoms with E-state index in [0.717, 1.165) is 4.88 Å². The third-order valence-electron chi connectivity index (χ3n) is 4.28. The molecule has 1 fully saturated rings. The van der Waals surface area contributed by atoms with Crippen molar-refractivity contribution in [1.29, 1.82) is 0 Å². The molecule has 3 rings (SSSR count). The topological polar surface area (TPSA) is 102 Å². The first kappa shape index (κ1) is 21.5. The highest BCUT2D eigenvalue weighted by molar-refractivity contribution is 7.91. The number of thiophene rings is 1. The number of nitrogen functional groups attached to an aromatic ring is 1. The maximum absolute atomic E-state index is 12.9. The lowest BCUT2D eigenvalue weighted by atomic mass is 10.2. The Bertz CT molecular complexity index is 930. The molecular formula is C17H22ClN3O4S2. The Labute approximate surface area is 169 Å². The van der Waals surface area contributed by atoms with E-state index >= 15 is 0 Å². The Balaban J connectivity index is 0.00000261. The molecule has 1 unspecified atom stereocenters. The van der Waals surface area contributed by atoms with E-state index in [9.17, 15) is 13.2 Å². The van der Waals surface area contributed by atoms with Crippen LogP contribution in [-0.2, 0) is 14.8 Å². The van der Waals surface area contributed by atoms with Crippen molar-refractivity contribution in [2.75, 3.05) is 24.7 Å². The Morgan fingerprint density at radius 3 is 2.67 bits per heavy atom. The Morgan fingerprint density at radius 1 is 1.33 bits per heavy atom. The molecule has 1 aliphatic rings. The van der Waals surface area contributed by atoms with Crippen LogP contribution in [0.5, 0.6) is 5.75 Å². The van der Waals surface area contributed by atoms with Crippen molar-refractivity contribution in [3.63, 3.8) is 0 Å². The highest BCUT2D eigenvalue weighted by Crippen LogP contribution is 2.31. The van der Waals surface area contributed by atoms with Crippen LogP contribution < -0.4 is 15.8 Å². The molecule has 148 valence electrons. The number of nitrogens with one attached hydrogen (secondary N) is 1. The maximum Gasteiger partial charge on any atom is 0.253 e. The third-order valence-corrected chi connectivity index (χ3v) is 7.66. The van der Waals surface area contributed by atoms with Crippen molar-refractivity contribution in [2.45, 2.75) is 30.0 Å². The third kappa shape index (κ3) is 4.37. The summed E-state index contributed by atoms with van der Waals surface area (Å²) in [6.45, 7) is 2.19. The van der Waals surface area contributed by atoms with Gasteiger partial charge in [-0.2, -0.15) is 4.31 Å². The first-order valence-electron chi connectivity index (χ1n) is 8.15. The molecule has 1 aromatic heterocycles. The molecule has 2 heterocycles. The minimum atomic E-state index is -3.68. The van der Waals surface area contributed by atoms with Crippen LogP contribution in [0.3, 0.4) is 0 Å². The number of methoxy groups -OCH3 is 1. The van der Waals surface area contributed by atoms with Gasteiger partial charge < -0.3 is 15.8 Å². The van der Waals surface area contributed by atoms with Crippen LogP contribution >= 0.6 is 23.7 Å². The highest BCUT2D eigenvalue weighted by atomic mass is 35.5. The SMILES string of the molecule is COc1ccc(NC(=O)C2CCCN2S(=O)(=O)c2ccc(C)s2)cc1N.Cl. The molecule has 1 aliphatic heterocycles. The summed E-state index contributed by atoms with van der Waals surface area (Å²) >= 11 is 1.21. The van der Waals surface area contributed by atoms with E-state index in [2.05, 4.69) is 5.32 Å². The molecule has 1 atom stereocenters. The van der Waals surface area contributed by atoms with Crippen molar-refractivity contribution in [3.8, 4) is 5.75 Å².